The van der Waals surface area contributed by atoms with Crippen molar-refractivity contribution in [3.05, 3.63) is 50.8 Å². The van der Waals surface area contributed by atoms with Crippen LogP contribution in [0, 0.1) is 18.8 Å². The van der Waals surface area contributed by atoms with Crippen LogP contribution in [-0.2, 0) is 16.0 Å². The number of esters is 2. The molecular weight excluding hydrogens is 586 g/mol. The van der Waals surface area contributed by atoms with E-state index in [9.17, 15) is 24.3 Å². The molecule has 2 atom stereocenters. The van der Waals surface area contributed by atoms with Crippen molar-refractivity contribution in [2.45, 2.75) is 119 Å². The van der Waals surface area contributed by atoms with Gasteiger partial charge >= 0.3 is 11.9 Å². The number of pyridine rings is 1. The summed E-state index contributed by atoms with van der Waals surface area (Å²) in [5, 5.41) is 19.6. The highest BCUT2D eigenvalue weighted by Gasteiger charge is 2.23. The predicted octanol–water partition coefficient (Wildman–Crippen LogP) is 9.03. The number of carbonyl (C=O) groups is 3. The number of unbranched alkanes of at least 4 members (excludes halogenated alkanes) is 3. The average molecular weight is 640 g/mol. The second-order valence-corrected chi connectivity index (χ2v) is 12.0. The van der Waals surface area contributed by atoms with Gasteiger partial charge in [0.2, 0.25) is 5.88 Å². The van der Waals surface area contributed by atoms with E-state index in [0.717, 1.165) is 62.4 Å². The van der Waals surface area contributed by atoms with Crippen LogP contribution >= 0.6 is 0 Å². The van der Waals surface area contributed by atoms with Crippen LogP contribution in [-0.4, -0.2) is 40.6 Å². The number of hydrogen-bond donors (Lipinski definition) is 1. The highest BCUT2D eigenvalue weighted by molar-refractivity contribution is 5.98. The van der Waals surface area contributed by atoms with Crippen LogP contribution in [0.2, 0.25) is 0 Å². The Bertz CT molecular complexity index is 1410. The topological polar surface area (TPSA) is 137 Å². The van der Waals surface area contributed by atoms with Crippen molar-refractivity contribution in [3.8, 4) is 5.88 Å². The SMILES string of the molecule is CCCCC(CC)COC(=O)c1ccc(C(=O)OCC(CC)CCCC)c(/N=N/c2c(C)c(C(C)=O)c(=O)n(CCCC)c2O)c1. The van der Waals surface area contributed by atoms with Crippen molar-refractivity contribution < 1.29 is 29.0 Å². The molecule has 0 radical (unpaired) electrons. The number of azo groups is 1. The van der Waals surface area contributed by atoms with E-state index in [0.29, 0.717) is 6.42 Å². The Morgan fingerprint density at radius 2 is 1.41 bits per heavy atom. The lowest BCUT2D eigenvalue weighted by Crippen LogP contribution is -2.27. The van der Waals surface area contributed by atoms with Crippen LogP contribution in [0.4, 0.5) is 11.4 Å². The Hall–Kier alpha value is -3.82. The van der Waals surface area contributed by atoms with Gasteiger partial charge in [-0.3, -0.25) is 14.2 Å². The van der Waals surface area contributed by atoms with Crippen molar-refractivity contribution >= 4 is 29.1 Å². The first-order valence-corrected chi connectivity index (χ1v) is 16.9. The van der Waals surface area contributed by atoms with E-state index < -0.39 is 29.2 Å². The van der Waals surface area contributed by atoms with Crippen LogP contribution in [0.5, 0.6) is 5.88 Å². The molecule has 0 amide bonds. The smallest absolute Gasteiger partial charge is 0.340 e. The lowest BCUT2D eigenvalue weighted by molar-refractivity contribution is 0.0415. The minimum absolute atomic E-state index is 0.0357. The lowest BCUT2D eigenvalue weighted by Gasteiger charge is -2.16. The number of aromatic nitrogens is 1. The molecule has 10 nitrogen and oxygen atoms in total. The van der Waals surface area contributed by atoms with Gasteiger partial charge in [0.25, 0.3) is 5.56 Å². The molecule has 254 valence electrons. The molecule has 0 saturated carbocycles. The molecule has 0 bridgehead atoms. The summed E-state index contributed by atoms with van der Waals surface area (Å²) >= 11 is 0. The molecule has 0 spiro atoms. The molecule has 1 N–H and O–H groups in total. The summed E-state index contributed by atoms with van der Waals surface area (Å²) in [7, 11) is 0. The number of nitrogens with zero attached hydrogens (tertiary/aromatic N) is 3. The molecule has 2 aromatic rings. The third-order valence-electron chi connectivity index (χ3n) is 8.44. The fraction of sp³-hybridized carbons (Fsp3) is 0.611. The van der Waals surface area contributed by atoms with E-state index in [1.165, 1.54) is 32.0 Å². The Kier molecular flexibility index (Phi) is 16.4. The second-order valence-electron chi connectivity index (χ2n) is 12.0. The van der Waals surface area contributed by atoms with Crippen molar-refractivity contribution in [1.82, 2.24) is 4.57 Å². The minimum atomic E-state index is -0.618. The third kappa shape index (κ3) is 10.6. The number of benzene rings is 1. The van der Waals surface area contributed by atoms with Crippen LogP contribution in [0.25, 0.3) is 0 Å². The number of ether oxygens (including phenoxy) is 2. The molecule has 0 saturated heterocycles. The Balaban J connectivity index is 2.57. The van der Waals surface area contributed by atoms with E-state index in [1.54, 1.807) is 0 Å². The molecule has 0 fully saturated rings. The Morgan fingerprint density at radius 1 is 0.848 bits per heavy atom. The average Bonchev–Trinajstić information content (AvgIpc) is 3.04. The summed E-state index contributed by atoms with van der Waals surface area (Å²) in [5.41, 5.74) is -0.278. The predicted molar refractivity (Wildman–Crippen MR) is 180 cm³/mol. The zero-order valence-electron chi connectivity index (χ0n) is 28.8. The van der Waals surface area contributed by atoms with Gasteiger partial charge in [-0.25, -0.2) is 9.59 Å². The molecule has 1 aromatic carbocycles. The Labute approximate surface area is 273 Å². The molecule has 0 aliphatic rings. The third-order valence-corrected chi connectivity index (χ3v) is 8.44. The largest absolute Gasteiger partial charge is 0.493 e. The normalized spacial score (nSPS) is 12.7. The number of Topliss-reactive ketones (excluding diaryl/α,β-unsaturated/α-hetero) is 1. The van der Waals surface area contributed by atoms with E-state index in [1.807, 2.05) is 6.92 Å². The lowest BCUT2D eigenvalue weighted by atomic mass is 10.0. The maximum atomic E-state index is 13.3. The van der Waals surface area contributed by atoms with Gasteiger partial charge in [0.05, 0.1) is 29.9 Å². The van der Waals surface area contributed by atoms with Gasteiger partial charge in [-0.15, -0.1) is 10.2 Å². The fourth-order valence-corrected chi connectivity index (χ4v) is 5.23. The van der Waals surface area contributed by atoms with Crippen LogP contribution in [0.15, 0.2) is 33.2 Å². The monoisotopic (exact) mass is 639 g/mol. The van der Waals surface area contributed by atoms with Crippen LogP contribution in [0.3, 0.4) is 0 Å². The van der Waals surface area contributed by atoms with Crippen molar-refractivity contribution in [2.24, 2.45) is 22.1 Å². The molecule has 1 heterocycles. The first kappa shape index (κ1) is 38.4. The highest BCUT2D eigenvalue weighted by Crippen LogP contribution is 2.34. The first-order valence-electron chi connectivity index (χ1n) is 16.9. The van der Waals surface area contributed by atoms with E-state index in [2.05, 4.69) is 37.9 Å². The van der Waals surface area contributed by atoms with Crippen LogP contribution in [0.1, 0.15) is 142 Å². The maximum absolute atomic E-state index is 13.3. The van der Waals surface area contributed by atoms with Gasteiger partial charge in [-0.1, -0.05) is 79.6 Å². The van der Waals surface area contributed by atoms with Gasteiger partial charge < -0.3 is 14.6 Å². The summed E-state index contributed by atoms with van der Waals surface area (Å²) in [6.45, 7) is 13.8. The second kappa shape index (κ2) is 19.6. The quantitative estimate of drug-likeness (QED) is 0.0867. The summed E-state index contributed by atoms with van der Waals surface area (Å²) in [4.78, 5) is 51.9. The number of rotatable bonds is 20. The van der Waals surface area contributed by atoms with Gasteiger partial charge in [-0.05, 0) is 68.7 Å². The summed E-state index contributed by atoms with van der Waals surface area (Å²) in [6.07, 6.45) is 9.22. The van der Waals surface area contributed by atoms with E-state index >= 15 is 0 Å². The number of hydrogen-bond acceptors (Lipinski definition) is 9. The van der Waals surface area contributed by atoms with Gasteiger partial charge in [-0.2, -0.15) is 0 Å². The number of aromatic hydroxyl groups is 1. The molecule has 10 heteroatoms. The van der Waals surface area contributed by atoms with Crippen molar-refractivity contribution in [2.75, 3.05) is 13.2 Å². The van der Waals surface area contributed by atoms with Crippen molar-refractivity contribution in [1.29, 1.82) is 0 Å². The molecule has 2 rings (SSSR count). The summed E-state index contributed by atoms with van der Waals surface area (Å²) in [6, 6.07) is 4.38. The fourth-order valence-electron chi connectivity index (χ4n) is 5.23. The summed E-state index contributed by atoms with van der Waals surface area (Å²) < 4.78 is 12.4. The molecule has 0 aliphatic carbocycles. The maximum Gasteiger partial charge on any atom is 0.340 e. The van der Waals surface area contributed by atoms with Crippen molar-refractivity contribution in [3.63, 3.8) is 0 Å². The molecule has 46 heavy (non-hydrogen) atoms. The number of ketones is 1. The van der Waals surface area contributed by atoms with Crippen LogP contribution < -0.4 is 5.56 Å². The van der Waals surface area contributed by atoms with Gasteiger partial charge in [0.1, 0.15) is 11.4 Å². The zero-order chi connectivity index (χ0) is 34.2. The Morgan fingerprint density at radius 3 is 1.93 bits per heavy atom. The van der Waals surface area contributed by atoms with Gasteiger partial charge in [0, 0.05) is 6.54 Å². The molecule has 1 aromatic heterocycles. The van der Waals surface area contributed by atoms with E-state index in [4.69, 9.17) is 9.47 Å². The van der Waals surface area contributed by atoms with Gasteiger partial charge in [0.15, 0.2) is 5.78 Å². The standard InChI is InChI=1S/C36H53N3O7/c1-8-13-16-26(11-4)22-45-35(43)28-18-19-29(36(44)46-23-27(12-5)17-14-9-2)30(21-28)37-38-32-24(6)31(25(7)40)33(41)39(34(32)42)20-15-10-3/h18-19,21,26-27,42H,8-17,20,22-23H2,1-7H3/b38-37+. The molecule has 2 unspecified atom stereocenters. The highest BCUT2D eigenvalue weighted by atomic mass is 16.5. The zero-order valence-corrected chi connectivity index (χ0v) is 28.8. The molecular formula is C36H53N3O7. The summed E-state index contributed by atoms with van der Waals surface area (Å²) in [5.74, 6) is -1.59. The molecule has 0 aliphatic heterocycles. The first-order chi connectivity index (χ1) is 22.0. The van der Waals surface area contributed by atoms with E-state index in [-0.39, 0.29) is 65.2 Å². The minimum Gasteiger partial charge on any atom is -0.493 e. The number of carbonyl (C=O) groups excluding carboxylic acids is 3.